The maximum atomic E-state index is 12.5. The van der Waals surface area contributed by atoms with Gasteiger partial charge in [-0.05, 0) is 42.0 Å². The predicted molar refractivity (Wildman–Crippen MR) is 110 cm³/mol. The normalized spacial score (nSPS) is 10.4. The second-order valence-electron chi connectivity index (χ2n) is 5.84. The van der Waals surface area contributed by atoms with Gasteiger partial charge < -0.3 is 20.6 Å². The number of nitrogens with two attached hydrogens (primary N) is 1. The Morgan fingerprint density at radius 3 is 2.41 bits per heavy atom. The monoisotopic (exact) mass is 413 g/mol. The molecular weight excluding hydrogens is 394 g/mol. The van der Waals surface area contributed by atoms with Gasteiger partial charge in [0.1, 0.15) is 5.75 Å². The Kier molecular flexibility index (Phi) is 6.35. The predicted octanol–water partition coefficient (Wildman–Crippen LogP) is 2.18. The molecule has 0 fully saturated rings. The number of rotatable bonds is 7. The molecule has 9 nitrogen and oxygen atoms in total. The van der Waals surface area contributed by atoms with Crippen molar-refractivity contribution >= 4 is 29.2 Å². The number of thioether (sulfide) groups is 1. The number of carbonyl (C=O) groups is 1. The van der Waals surface area contributed by atoms with Gasteiger partial charge in [0.05, 0.1) is 19.8 Å². The van der Waals surface area contributed by atoms with Gasteiger partial charge in [-0.15, -0.1) is 10.2 Å². The van der Waals surface area contributed by atoms with E-state index in [0.717, 1.165) is 16.0 Å². The number of nitrogens with zero attached hydrogens (tertiary/aromatic N) is 3. The van der Waals surface area contributed by atoms with E-state index in [9.17, 15) is 9.59 Å². The van der Waals surface area contributed by atoms with Crippen molar-refractivity contribution in [3.8, 4) is 5.75 Å². The van der Waals surface area contributed by atoms with Gasteiger partial charge in [-0.2, -0.15) is 4.68 Å². The Balaban J connectivity index is 1.70. The summed E-state index contributed by atoms with van der Waals surface area (Å²) in [6.45, 7) is 0. The molecule has 0 bridgehead atoms. The van der Waals surface area contributed by atoms with Crippen molar-refractivity contribution in [1.29, 1.82) is 0 Å². The second kappa shape index (κ2) is 9.11. The number of nitrogen functional groups attached to an aromatic ring is 1. The molecule has 0 spiro atoms. The topological polar surface area (TPSA) is 121 Å². The van der Waals surface area contributed by atoms with Gasteiger partial charge in [-0.25, -0.2) is 4.79 Å². The van der Waals surface area contributed by atoms with Crippen LogP contribution in [0.4, 0.5) is 11.5 Å². The fourth-order valence-corrected chi connectivity index (χ4v) is 3.18. The third-order valence-electron chi connectivity index (χ3n) is 3.96. The minimum atomic E-state index is -0.519. The summed E-state index contributed by atoms with van der Waals surface area (Å²) in [7, 11) is 2.91. The maximum absolute atomic E-state index is 12.5. The zero-order valence-electron chi connectivity index (χ0n) is 15.8. The third-order valence-corrected chi connectivity index (χ3v) is 4.97. The number of hydrogen-bond donors (Lipinski definition) is 2. The summed E-state index contributed by atoms with van der Waals surface area (Å²) in [5.74, 6) is 6.76. The van der Waals surface area contributed by atoms with Crippen LogP contribution >= 0.6 is 11.8 Å². The Morgan fingerprint density at radius 2 is 1.79 bits per heavy atom. The van der Waals surface area contributed by atoms with E-state index in [1.54, 1.807) is 31.4 Å². The molecule has 0 saturated carbocycles. The molecule has 29 heavy (non-hydrogen) atoms. The first kappa shape index (κ1) is 20.2. The van der Waals surface area contributed by atoms with Crippen LogP contribution in [-0.4, -0.2) is 35.1 Å². The van der Waals surface area contributed by atoms with Crippen LogP contribution in [0, 0.1) is 0 Å². The summed E-state index contributed by atoms with van der Waals surface area (Å²) in [5.41, 5.74) is 1.46. The fraction of sp³-hybridized carbons (Fsp3) is 0.158. The van der Waals surface area contributed by atoms with E-state index >= 15 is 0 Å². The molecule has 0 aliphatic carbocycles. The lowest BCUT2D eigenvalue weighted by molar-refractivity contribution is 0.0601. The molecule has 0 amide bonds. The first-order chi connectivity index (χ1) is 14.0. The largest absolute Gasteiger partial charge is 0.497 e. The molecule has 0 atom stereocenters. The summed E-state index contributed by atoms with van der Waals surface area (Å²) in [6.07, 6.45) is 0. The molecule has 10 heteroatoms. The molecule has 1 aromatic heterocycles. The van der Waals surface area contributed by atoms with Crippen LogP contribution in [0.25, 0.3) is 0 Å². The molecule has 0 aliphatic rings. The molecule has 0 unspecified atom stereocenters. The van der Waals surface area contributed by atoms with Gasteiger partial charge in [0.25, 0.3) is 0 Å². The van der Waals surface area contributed by atoms with E-state index in [1.807, 2.05) is 24.3 Å². The third kappa shape index (κ3) is 4.85. The Bertz CT molecular complexity index is 1050. The Morgan fingerprint density at radius 1 is 1.10 bits per heavy atom. The van der Waals surface area contributed by atoms with Crippen LogP contribution in [-0.2, 0) is 10.5 Å². The van der Waals surface area contributed by atoms with Crippen molar-refractivity contribution in [2.75, 3.05) is 25.4 Å². The first-order valence-electron chi connectivity index (χ1n) is 8.47. The number of hydrogen-bond acceptors (Lipinski definition) is 9. The standard InChI is InChI=1S/C19H19N5O4S/c1-27-15-9-3-12(4-10-15)11-29-19-23-22-16(17(25)24(19)20)21-14-7-5-13(6-8-14)18(26)28-2/h3-10H,11,20H2,1-2H3,(H,21,22). The number of carbonyl (C=O) groups excluding carboxylic acids is 1. The van der Waals surface area contributed by atoms with E-state index in [4.69, 9.17) is 10.6 Å². The lowest BCUT2D eigenvalue weighted by Gasteiger charge is -2.09. The van der Waals surface area contributed by atoms with Crippen molar-refractivity contribution in [1.82, 2.24) is 14.9 Å². The number of ether oxygens (including phenoxy) is 2. The van der Waals surface area contributed by atoms with Gasteiger partial charge in [-0.1, -0.05) is 23.9 Å². The highest BCUT2D eigenvalue weighted by Gasteiger charge is 2.12. The maximum Gasteiger partial charge on any atom is 0.337 e. The van der Waals surface area contributed by atoms with E-state index < -0.39 is 11.5 Å². The molecule has 0 radical (unpaired) electrons. The fourth-order valence-electron chi connectivity index (χ4n) is 2.38. The highest BCUT2D eigenvalue weighted by Crippen LogP contribution is 2.21. The number of esters is 1. The quantitative estimate of drug-likeness (QED) is 0.341. The zero-order valence-corrected chi connectivity index (χ0v) is 16.6. The summed E-state index contributed by atoms with van der Waals surface area (Å²) >= 11 is 1.29. The number of methoxy groups -OCH3 is 2. The van der Waals surface area contributed by atoms with Crippen molar-refractivity contribution < 1.29 is 14.3 Å². The minimum absolute atomic E-state index is 0.0212. The van der Waals surface area contributed by atoms with Gasteiger partial charge in [0.15, 0.2) is 0 Å². The lowest BCUT2D eigenvalue weighted by Crippen LogP contribution is -2.32. The highest BCUT2D eigenvalue weighted by molar-refractivity contribution is 7.98. The van der Waals surface area contributed by atoms with E-state index in [-0.39, 0.29) is 11.0 Å². The zero-order chi connectivity index (χ0) is 20.8. The smallest absolute Gasteiger partial charge is 0.337 e. The Labute approximate surface area is 170 Å². The molecule has 0 aliphatic heterocycles. The molecule has 3 rings (SSSR count). The van der Waals surface area contributed by atoms with Crippen molar-refractivity contribution in [3.63, 3.8) is 0 Å². The SMILES string of the molecule is COC(=O)c1ccc(Nc2nnc(SCc3ccc(OC)cc3)n(N)c2=O)cc1. The van der Waals surface area contributed by atoms with Crippen molar-refractivity contribution in [2.45, 2.75) is 10.9 Å². The van der Waals surface area contributed by atoms with Crippen LogP contribution < -0.4 is 21.5 Å². The molecule has 150 valence electrons. The summed E-state index contributed by atoms with van der Waals surface area (Å²) in [5, 5.41) is 11.1. The van der Waals surface area contributed by atoms with Gasteiger partial charge >= 0.3 is 11.5 Å². The van der Waals surface area contributed by atoms with Gasteiger partial charge in [-0.3, -0.25) is 4.79 Å². The molecule has 3 aromatic rings. The van der Waals surface area contributed by atoms with Crippen LogP contribution in [0.1, 0.15) is 15.9 Å². The summed E-state index contributed by atoms with van der Waals surface area (Å²) in [4.78, 5) is 24.0. The average molecular weight is 413 g/mol. The number of nitrogens with one attached hydrogen (secondary N) is 1. The molecule has 3 N–H and O–H groups in total. The highest BCUT2D eigenvalue weighted by atomic mass is 32.2. The van der Waals surface area contributed by atoms with Crippen molar-refractivity contribution in [2.24, 2.45) is 0 Å². The molecule has 2 aromatic carbocycles. The van der Waals surface area contributed by atoms with Crippen LogP contribution in [0.15, 0.2) is 58.5 Å². The minimum Gasteiger partial charge on any atom is -0.497 e. The van der Waals surface area contributed by atoms with E-state index in [2.05, 4.69) is 20.3 Å². The van der Waals surface area contributed by atoms with E-state index in [1.165, 1.54) is 18.9 Å². The average Bonchev–Trinajstić information content (AvgIpc) is 2.76. The Hall–Kier alpha value is -3.53. The molecule has 1 heterocycles. The lowest BCUT2D eigenvalue weighted by atomic mass is 10.2. The van der Waals surface area contributed by atoms with Crippen LogP contribution in [0.3, 0.4) is 0 Å². The second-order valence-corrected chi connectivity index (χ2v) is 6.78. The first-order valence-corrected chi connectivity index (χ1v) is 9.46. The number of anilines is 2. The van der Waals surface area contributed by atoms with Gasteiger partial charge in [0.2, 0.25) is 11.0 Å². The van der Waals surface area contributed by atoms with Crippen LogP contribution in [0.2, 0.25) is 0 Å². The molecular formula is C19H19N5O4S. The molecule has 0 saturated heterocycles. The number of aromatic nitrogens is 3. The van der Waals surface area contributed by atoms with Crippen molar-refractivity contribution in [3.05, 3.63) is 70.0 Å². The summed E-state index contributed by atoms with van der Waals surface area (Å²) in [6, 6.07) is 14.0. The number of benzene rings is 2. The van der Waals surface area contributed by atoms with Gasteiger partial charge in [0, 0.05) is 11.4 Å². The van der Waals surface area contributed by atoms with E-state index in [0.29, 0.717) is 17.0 Å². The van der Waals surface area contributed by atoms with Crippen LogP contribution in [0.5, 0.6) is 5.75 Å². The summed E-state index contributed by atoms with van der Waals surface area (Å²) < 4.78 is 10.7.